The Hall–Kier alpha value is -2.17. The lowest BCUT2D eigenvalue weighted by Crippen LogP contribution is -2.26. The molecule has 19 heavy (non-hydrogen) atoms. The van der Waals surface area contributed by atoms with Crippen LogP contribution in [0.5, 0.6) is 0 Å². The first-order valence-electron chi connectivity index (χ1n) is 5.99. The molecule has 4 nitrogen and oxygen atoms in total. The van der Waals surface area contributed by atoms with E-state index in [1.807, 2.05) is 6.92 Å². The van der Waals surface area contributed by atoms with Crippen LogP contribution in [0.15, 0.2) is 24.3 Å². The minimum Gasteiger partial charge on any atom is -0.478 e. The number of aliphatic carboxylic acids is 1. The fourth-order valence-electron chi connectivity index (χ4n) is 1.74. The van der Waals surface area contributed by atoms with Crippen LogP contribution in [0, 0.1) is 11.7 Å². The molecule has 0 spiro atoms. The topological polar surface area (TPSA) is 66.4 Å². The number of nitrogens with one attached hydrogen (secondary N) is 1. The summed E-state index contributed by atoms with van der Waals surface area (Å²) in [5, 5.41) is 11.3. The largest absolute Gasteiger partial charge is 0.478 e. The van der Waals surface area contributed by atoms with Crippen LogP contribution in [0.3, 0.4) is 0 Å². The number of carboxylic acids is 1. The average Bonchev–Trinajstić information content (AvgIpc) is 3.03. The Morgan fingerprint density at radius 1 is 1.47 bits per heavy atom. The van der Waals surface area contributed by atoms with Gasteiger partial charge in [0.05, 0.1) is 0 Å². The number of hydrogen-bond donors (Lipinski definition) is 2. The van der Waals surface area contributed by atoms with E-state index in [9.17, 15) is 14.0 Å². The number of rotatable bonds is 4. The molecular weight excluding hydrogens is 249 g/mol. The number of halogens is 1. The Kier molecular flexibility index (Phi) is 3.64. The van der Waals surface area contributed by atoms with Crippen LogP contribution in [-0.2, 0) is 4.79 Å². The third kappa shape index (κ3) is 3.40. The predicted octanol–water partition coefficient (Wildman–Crippen LogP) is 2.06. The molecule has 0 aromatic heterocycles. The second-order valence-corrected chi connectivity index (χ2v) is 4.70. The molecule has 1 aromatic rings. The molecule has 1 aromatic carbocycles. The molecule has 5 heteroatoms. The summed E-state index contributed by atoms with van der Waals surface area (Å²) < 4.78 is 13.7. The molecular formula is C14H14FNO3. The van der Waals surface area contributed by atoms with E-state index in [4.69, 9.17) is 5.11 Å². The molecule has 0 radical (unpaired) electrons. The Balaban J connectivity index is 2.09. The van der Waals surface area contributed by atoms with Gasteiger partial charge in [-0.05, 0) is 30.5 Å². The van der Waals surface area contributed by atoms with Crippen molar-refractivity contribution in [1.82, 2.24) is 5.32 Å². The predicted molar refractivity (Wildman–Crippen MR) is 68.1 cm³/mol. The van der Waals surface area contributed by atoms with E-state index < -0.39 is 11.8 Å². The first kappa shape index (κ1) is 13.3. The summed E-state index contributed by atoms with van der Waals surface area (Å²) in [7, 11) is 0. The van der Waals surface area contributed by atoms with Gasteiger partial charge in [-0.15, -0.1) is 0 Å². The average molecular weight is 263 g/mol. The van der Waals surface area contributed by atoms with E-state index in [1.54, 1.807) is 0 Å². The molecule has 2 atom stereocenters. The first-order chi connectivity index (χ1) is 8.97. The molecule has 2 unspecified atom stereocenters. The van der Waals surface area contributed by atoms with Crippen molar-refractivity contribution in [1.29, 1.82) is 0 Å². The summed E-state index contributed by atoms with van der Waals surface area (Å²) in [5.74, 6) is -1.59. The molecule has 1 aliphatic rings. The lowest BCUT2D eigenvalue weighted by molar-refractivity contribution is -0.131. The highest BCUT2D eigenvalue weighted by molar-refractivity contribution is 5.95. The fourth-order valence-corrected chi connectivity index (χ4v) is 1.74. The maximum absolute atomic E-state index is 13.7. The van der Waals surface area contributed by atoms with Crippen molar-refractivity contribution in [3.8, 4) is 0 Å². The molecule has 1 fully saturated rings. The zero-order valence-electron chi connectivity index (χ0n) is 10.4. The molecule has 0 heterocycles. The first-order valence-corrected chi connectivity index (χ1v) is 5.99. The van der Waals surface area contributed by atoms with E-state index in [0.717, 1.165) is 24.6 Å². The van der Waals surface area contributed by atoms with Crippen LogP contribution in [0.25, 0.3) is 6.08 Å². The van der Waals surface area contributed by atoms with Gasteiger partial charge >= 0.3 is 5.97 Å². The smallest absolute Gasteiger partial charge is 0.328 e. The monoisotopic (exact) mass is 263 g/mol. The van der Waals surface area contributed by atoms with Crippen LogP contribution in [0.1, 0.15) is 29.3 Å². The third-order valence-corrected chi connectivity index (χ3v) is 3.09. The quantitative estimate of drug-likeness (QED) is 0.817. The molecule has 1 aliphatic carbocycles. The number of hydrogen-bond acceptors (Lipinski definition) is 2. The van der Waals surface area contributed by atoms with Gasteiger partial charge in [-0.25, -0.2) is 9.18 Å². The number of amides is 1. The molecule has 2 N–H and O–H groups in total. The summed E-state index contributed by atoms with van der Waals surface area (Å²) in [4.78, 5) is 22.1. The van der Waals surface area contributed by atoms with Gasteiger partial charge in [0.1, 0.15) is 5.82 Å². The zero-order valence-corrected chi connectivity index (χ0v) is 10.4. The summed E-state index contributed by atoms with van der Waals surface area (Å²) in [5.41, 5.74) is 0.378. The van der Waals surface area contributed by atoms with Crippen LogP contribution >= 0.6 is 0 Å². The number of carboxylic acid groups (broad SMARTS) is 1. The second kappa shape index (κ2) is 5.22. The van der Waals surface area contributed by atoms with Gasteiger partial charge in [-0.3, -0.25) is 4.79 Å². The van der Waals surface area contributed by atoms with Crippen molar-refractivity contribution >= 4 is 18.0 Å². The fraction of sp³-hybridized carbons (Fsp3) is 0.286. The Bertz CT molecular complexity index is 554. The van der Waals surface area contributed by atoms with Gasteiger partial charge in [0.25, 0.3) is 5.91 Å². The highest BCUT2D eigenvalue weighted by atomic mass is 19.1. The van der Waals surface area contributed by atoms with E-state index in [0.29, 0.717) is 5.92 Å². The highest BCUT2D eigenvalue weighted by Crippen LogP contribution is 2.29. The van der Waals surface area contributed by atoms with Gasteiger partial charge in [-0.2, -0.15) is 0 Å². The number of carbonyl (C=O) groups excluding carboxylic acids is 1. The summed E-state index contributed by atoms with van der Waals surface area (Å²) in [6.45, 7) is 2.03. The van der Waals surface area contributed by atoms with E-state index in [1.165, 1.54) is 12.1 Å². The van der Waals surface area contributed by atoms with Crippen molar-refractivity contribution in [2.75, 3.05) is 0 Å². The molecule has 2 rings (SSSR count). The van der Waals surface area contributed by atoms with Crippen molar-refractivity contribution in [2.24, 2.45) is 5.92 Å². The van der Waals surface area contributed by atoms with Crippen molar-refractivity contribution in [3.05, 3.63) is 41.2 Å². The van der Waals surface area contributed by atoms with Crippen LogP contribution in [0.2, 0.25) is 0 Å². The van der Waals surface area contributed by atoms with Gasteiger partial charge in [0.15, 0.2) is 0 Å². The second-order valence-electron chi connectivity index (χ2n) is 4.70. The molecule has 1 amide bonds. The highest BCUT2D eigenvalue weighted by Gasteiger charge is 2.34. The van der Waals surface area contributed by atoms with E-state index >= 15 is 0 Å². The van der Waals surface area contributed by atoms with Crippen LogP contribution in [-0.4, -0.2) is 23.0 Å². The Morgan fingerprint density at radius 3 is 2.68 bits per heavy atom. The normalized spacial score (nSPS) is 21.4. The van der Waals surface area contributed by atoms with Crippen LogP contribution in [0.4, 0.5) is 4.39 Å². The Morgan fingerprint density at radius 2 is 2.16 bits per heavy atom. The van der Waals surface area contributed by atoms with E-state index in [-0.39, 0.29) is 23.1 Å². The molecule has 1 saturated carbocycles. The van der Waals surface area contributed by atoms with E-state index in [2.05, 4.69) is 5.32 Å². The minimum atomic E-state index is -1.15. The SMILES string of the molecule is CC1CC1NC(=O)c1ccc(C=CC(=O)O)c(F)c1. The summed E-state index contributed by atoms with van der Waals surface area (Å²) >= 11 is 0. The third-order valence-electron chi connectivity index (χ3n) is 3.09. The molecule has 100 valence electrons. The lowest BCUT2D eigenvalue weighted by atomic mass is 10.1. The number of carbonyl (C=O) groups is 2. The van der Waals surface area contributed by atoms with Gasteiger partial charge in [-0.1, -0.05) is 13.0 Å². The van der Waals surface area contributed by atoms with Gasteiger partial charge in [0.2, 0.25) is 0 Å². The summed E-state index contributed by atoms with van der Waals surface area (Å²) in [6, 6.07) is 4.17. The van der Waals surface area contributed by atoms with Gasteiger partial charge < -0.3 is 10.4 Å². The van der Waals surface area contributed by atoms with Crippen molar-refractivity contribution < 1.29 is 19.1 Å². The van der Waals surface area contributed by atoms with Crippen LogP contribution < -0.4 is 5.32 Å². The Labute approximate surface area is 109 Å². The molecule has 0 aliphatic heterocycles. The lowest BCUT2D eigenvalue weighted by Gasteiger charge is -2.05. The number of benzene rings is 1. The maximum Gasteiger partial charge on any atom is 0.328 e. The standard InChI is InChI=1S/C14H14FNO3/c1-8-6-12(8)16-14(19)10-3-2-9(11(15)7-10)4-5-13(17)18/h2-5,7-8,12H,6H2,1H3,(H,16,19)(H,17,18). The minimum absolute atomic E-state index is 0.138. The molecule has 0 bridgehead atoms. The van der Waals surface area contributed by atoms with Gasteiger partial charge in [0, 0.05) is 23.2 Å². The summed E-state index contributed by atoms with van der Waals surface area (Å²) in [6.07, 6.45) is 2.96. The maximum atomic E-state index is 13.7. The van der Waals surface area contributed by atoms with Crippen molar-refractivity contribution in [3.63, 3.8) is 0 Å². The zero-order chi connectivity index (χ0) is 14.0. The van der Waals surface area contributed by atoms with Crippen molar-refractivity contribution in [2.45, 2.75) is 19.4 Å². The molecule has 0 saturated heterocycles.